The first-order chi connectivity index (χ1) is 12.1. The molecule has 1 atom stereocenters. The molecule has 0 aromatic heterocycles. The normalized spacial score (nSPS) is 12.2. The van der Waals surface area contributed by atoms with E-state index in [1.807, 2.05) is 48.5 Å². The van der Waals surface area contributed by atoms with E-state index in [4.69, 9.17) is 4.74 Å². The van der Waals surface area contributed by atoms with Gasteiger partial charge in [0.15, 0.2) is 6.10 Å². The summed E-state index contributed by atoms with van der Waals surface area (Å²) in [5, 5.41) is 15.8. The Morgan fingerprint density at radius 2 is 1.80 bits per heavy atom. The zero-order valence-corrected chi connectivity index (χ0v) is 13.7. The van der Waals surface area contributed by atoms with Gasteiger partial charge in [0, 0.05) is 5.56 Å². The van der Waals surface area contributed by atoms with Crippen molar-refractivity contribution in [3.05, 3.63) is 72.3 Å². The molecule has 0 aliphatic carbocycles. The van der Waals surface area contributed by atoms with Gasteiger partial charge in [0.05, 0.1) is 6.21 Å². The lowest BCUT2D eigenvalue weighted by Crippen LogP contribution is -2.33. The number of hydrogen-bond acceptors (Lipinski definition) is 4. The van der Waals surface area contributed by atoms with Crippen molar-refractivity contribution >= 4 is 22.9 Å². The van der Waals surface area contributed by atoms with Crippen LogP contribution in [0.2, 0.25) is 0 Å². The lowest BCUT2D eigenvalue weighted by Gasteiger charge is -2.12. The Balaban J connectivity index is 1.69. The van der Waals surface area contributed by atoms with Crippen LogP contribution in [0.25, 0.3) is 10.8 Å². The minimum atomic E-state index is -0.694. The van der Waals surface area contributed by atoms with Crippen molar-refractivity contribution in [2.75, 3.05) is 0 Å². The van der Waals surface area contributed by atoms with E-state index >= 15 is 0 Å². The van der Waals surface area contributed by atoms with E-state index in [1.54, 1.807) is 25.1 Å². The van der Waals surface area contributed by atoms with Gasteiger partial charge in [-0.2, -0.15) is 5.10 Å². The number of ether oxygens (including phenoxy) is 1. The van der Waals surface area contributed by atoms with Crippen molar-refractivity contribution in [3.8, 4) is 11.5 Å². The SMILES string of the molecule is C[C@@H](Oc1ccccc1)C(=O)N/N=C/c1c(O)ccc2ccccc12. The van der Waals surface area contributed by atoms with Crippen LogP contribution in [0.15, 0.2) is 71.8 Å². The summed E-state index contributed by atoms with van der Waals surface area (Å²) in [5.41, 5.74) is 2.99. The number of fused-ring (bicyclic) bond motifs is 1. The number of benzene rings is 3. The first kappa shape index (κ1) is 16.5. The van der Waals surface area contributed by atoms with Crippen LogP contribution in [0.3, 0.4) is 0 Å². The summed E-state index contributed by atoms with van der Waals surface area (Å²) in [5.74, 6) is 0.339. The number of phenols is 1. The number of rotatable bonds is 5. The Kier molecular flexibility index (Phi) is 4.95. The lowest BCUT2D eigenvalue weighted by molar-refractivity contribution is -0.127. The Morgan fingerprint density at radius 1 is 1.08 bits per heavy atom. The second kappa shape index (κ2) is 7.49. The molecule has 0 spiro atoms. The molecule has 5 nitrogen and oxygen atoms in total. The topological polar surface area (TPSA) is 70.9 Å². The molecule has 0 saturated heterocycles. The highest BCUT2D eigenvalue weighted by molar-refractivity contribution is 6.02. The largest absolute Gasteiger partial charge is 0.507 e. The average Bonchev–Trinajstić information content (AvgIpc) is 2.64. The first-order valence-electron chi connectivity index (χ1n) is 7.90. The predicted molar refractivity (Wildman–Crippen MR) is 97.9 cm³/mol. The molecule has 0 heterocycles. The molecule has 3 aromatic rings. The van der Waals surface area contributed by atoms with Gasteiger partial charge in [-0.15, -0.1) is 0 Å². The molecule has 0 aliphatic rings. The molecule has 2 N–H and O–H groups in total. The van der Waals surface area contributed by atoms with Crippen LogP contribution in [-0.2, 0) is 4.79 Å². The molecule has 0 bridgehead atoms. The van der Waals surface area contributed by atoms with Crippen molar-refractivity contribution in [2.45, 2.75) is 13.0 Å². The van der Waals surface area contributed by atoms with Crippen LogP contribution in [0.4, 0.5) is 0 Å². The summed E-state index contributed by atoms with van der Waals surface area (Å²) in [4.78, 5) is 12.1. The van der Waals surface area contributed by atoms with Crippen LogP contribution < -0.4 is 10.2 Å². The lowest BCUT2D eigenvalue weighted by atomic mass is 10.0. The van der Waals surface area contributed by atoms with Gasteiger partial charge in [-0.1, -0.05) is 48.5 Å². The monoisotopic (exact) mass is 334 g/mol. The summed E-state index contributed by atoms with van der Waals surface area (Å²) in [6, 6.07) is 20.2. The van der Waals surface area contributed by atoms with E-state index in [0.717, 1.165) is 10.8 Å². The quantitative estimate of drug-likeness (QED) is 0.554. The van der Waals surface area contributed by atoms with Crippen molar-refractivity contribution in [1.82, 2.24) is 5.43 Å². The van der Waals surface area contributed by atoms with Crippen LogP contribution in [0, 0.1) is 0 Å². The highest BCUT2D eigenvalue weighted by Gasteiger charge is 2.13. The third kappa shape index (κ3) is 3.95. The maximum atomic E-state index is 12.1. The molecule has 0 unspecified atom stereocenters. The van der Waals surface area contributed by atoms with Crippen LogP contribution >= 0.6 is 0 Å². The van der Waals surface area contributed by atoms with Crippen molar-refractivity contribution in [1.29, 1.82) is 0 Å². The Hall–Kier alpha value is -3.34. The van der Waals surface area contributed by atoms with Crippen LogP contribution in [0.5, 0.6) is 11.5 Å². The number of carbonyl (C=O) groups excluding carboxylic acids is 1. The fourth-order valence-corrected chi connectivity index (χ4v) is 2.43. The van der Waals surface area contributed by atoms with Gasteiger partial charge < -0.3 is 9.84 Å². The van der Waals surface area contributed by atoms with Gasteiger partial charge in [-0.05, 0) is 35.9 Å². The van der Waals surface area contributed by atoms with E-state index in [2.05, 4.69) is 10.5 Å². The van der Waals surface area contributed by atoms with Crippen LogP contribution in [0.1, 0.15) is 12.5 Å². The van der Waals surface area contributed by atoms with Gasteiger partial charge in [-0.25, -0.2) is 5.43 Å². The maximum Gasteiger partial charge on any atom is 0.280 e. The predicted octanol–water partition coefficient (Wildman–Crippen LogP) is 3.46. The minimum Gasteiger partial charge on any atom is -0.507 e. The third-order valence-corrected chi connectivity index (χ3v) is 3.74. The standard InChI is InChI=1S/C20H18N2O3/c1-14(25-16-8-3-2-4-9-16)20(24)22-21-13-18-17-10-6-5-7-15(17)11-12-19(18)23/h2-14,23H,1H3,(H,22,24)/b21-13+/t14-/m1/s1. The van der Waals surface area contributed by atoms with Gasteiger partial charge in [0.1, 0.15) is 11.5 Å². The molecule has 0 radical (unpaired) electrons. The van der Waals surface area contributed by atoms with Crippen molar-refractivity contribution < 1.29 is 14.6 Å². The summed E-state index contributed by atoms with van der Waals surface area (Å²) in [6.07, 6.45) is 0.741. The smallest absolute Gasteiger partial charge is 0.280 e. The second-order valence-corrected chi connectivity index (χ2v) is 5.53. The van der Waals surface area contributed by atoms with Crippen molar-refractivity contribution in [3.63, 3.8) is 0 Å². The van der Waals surface area contributed by atoms with Gasteiger partial charge in [0.2, 0.25) is 0 Å². The Morgan fingerprint density at radius 3 is 2.60 bits per heavy atom. The van der Waals surface area contributed by atoms with Crippen LogP contribution in [-0.4, -0.2) is 23.3 Å². The zero-order chi connectivity index (χ0) is 17.6. The number of carbonyl (C=O) groups is 1. The summed E-state index contributed by atoms with van der Waals surface area (Å²) < 4.78 is 5.54. The molecule has 0 fully saturated rings. The Bertz CT molecular complexity index is 907. The molecule has 5 heteroatoms. The second-order valence-electron chi connectivity index (χ2n) is 5.53. The van der Waals surface area contributed by atoms with E-state index in [-0.39, 0.29) is 11.7 Å². The molecule has 3 rings (SSSR count). The van der Waals surface area contributed by atoms with Crippen molar-refractivity contribution in [2.24, 2.45) is 5.10 Å². The van der Waals surface area contributed by atoms with E-state index in [0.29, 0.717) is 11.3 Å². The molecule has 3 aromatic carbocycles. The number of phenolic OH excluding ortho intramolecular Hbond substituents is 1. The molecular weight excluding hydrogens is 316 g/mol. The molecule has 1 amide bonds. The fraction of sp³-hybridized carbons (Fsp3) is 0.100. The summed E-state index contributed by atoms with van der Waals surface area (Å²) in [6.45, 7) is 1.65. The first-order valence-corrected chi connectivity index (χ1v) is 7.90. The van der Waals surface area contributed by atoms with E-state index < -0.39 is 6.10 Å². The maximum absolute atomic E-state index is 12.1. The fourth-order valence-electron chi connectivity index (χ4n) is 2.43. The molecule has 0 aliphatic heterocycles. The number of nitrogens with one attached hydrogen (secondary N) is 1. The number of para-hydroxylation sites is 1. The Labute approximate surface area is 145 Å². The van der Waals surface area contributed by atoms with Gasteiger partial charge in [0.25, 0.3) is 5.91 Å². The average molecular weight is 334 g/mol. The van der Waals surface area contributed by atoms with Gasteiger partial charge >= 0.3 is 0 Å². The summed E-state index contributed by atoms with van der Waals surface area (Å²) in [7, 11) is 0. The molecule has 25 heavy (non-hydrogen) atoms. The van der Waals surface area contributed by atoms with E-state index in [1.165, 1.54) is 6.21 Å². The van der Waals surface area contributed by atoms with Gasteiger partial charge in [-0.3, -0.25) is 4.79 Å². The molecular formula is C20H18N2O3. The zero-order valence-electron chi connectivity index (χ0n) is 13.7. The molecule has 0 saturated carbocycles. The number of hydrogen-bond donors (Lipinski definition) is 2. The van der Waals surface area contributed by atoms with E-state index in [9.17, 15) is 9.90 Å². The minimum absolute atomic E-state index is 0.102. The number of aromatic hydroxyl groups is 1. The number of nitrogens with zero attached hydrogens (tertiary/aromatic N) is 1. The molecule has 126 valence electrons. The summed E-state index contributed by atoms with van der Waals surface area (Å²) >= 11 is 0. The number of hydrazone groups is 1. The third-order valence-electron chi connectivity index (χ3n) is 3.74. The highest BCUT2D eigenvalue weighted by Crippen LogP contribution is 2.25. The highest BCUT2D eigenvalue weighted by atomic mass is 16.5. The number of amides is 1.